The van der Waals surface area contributed by atoms with E-state index in [1.165, 1.54) is 38.4 Å². The summed E-state index contributed by atoms with van der Waals surface area (Å²) < 4.78 is 7.91. The molecular formula is C33H39N7O2. The Morgan fingerprint density at radius 3 is 2.55 bits per heavy atom. The molecule has 2 aliphatic rings. The number of carbonyl (C=O) groups is 1. The van der Waals surface area contributed by atoms with Crippen molar-refractivity contribution in [3.05, 3.63) is 73.1 Å². The van der Waals surface area contributed by atoms with Crippen LogP contribution in [0.15, 0.2) is 73.1 Å². The quantitative estimate of drug-likeness (QED) is 0.267. The molecule has 9 heteroatoms. The zero-order valence-electron chi connectivity index (χ0n) is 24.2. The van der Waals surface area contributed by atoms with Gasteiger partial charge in [-0.2, -0.15) is 5.10 Å². The highest BCUT2D eigenvalue weighted by atomic mass is 16.5. The van der Waals surface area contributed by atoms with Crippen molar-refractivity contribution in [1.29, 1.82) is 0 Å². The molecule has 4 aromatic rings. The number of ether oxygens (including phenoxy) is 1. The first-order chi connectivity index (χ1) is 20.6. The first kappa shape index (κ1) is 27.9. The van der Waals surface area contributed by atoms with Crippen molar-refractivity contribution in [3.63, 3.8) is 0 Å². The van der Waals surface area contributed by atoms with Gasteiger partial charge in [-0.3, -0.25) is 9.69 Å². The molecule has 0 spiro atoms. The summed E-state index contributed by atoms with van der Waals surface area (Å²) in [6.07, 6.45) is 13.5. The Morgan fingerprint density at radius 2 is 1.76 bits per heavy atom. The summed E-state index contributed by atoms with van der Waals surface area (Å²) in [7, 11) is 2.17. The van der Waals surface area contributed by atoms with E-state index in [0.29, 0.717) is 24.1 Å². The molecule has 2 fully saturated rings. The van der Waals surface area contributed by atoms with Crippen LogP contribution in [0.3, 0.4) is 0 Å². The fourth-order valence-electron chi connectivity index (χ4n) is 6.21. The topological polar surface area (TPSA) is 102 Å². The van der Waals surface area contributed by atoms with Gasteiger partial charge in [-0.25, -0.2) is 14.6 Å². The molecule has 0 radical (unpaired) electrons. The largest absolute Gasteiger partial charge is 0.457 e. The lowest BCUT2D eigenvalue weighted by atomic mass is 9.94. The molecule has 2 N–H and O–H groups in total. The van der Waals surface area contributed by atoms with Crippen LogP contribution in [0.1, 0.15) is 51.0 Å². The summed E-state index contributed by atoms with van der Waals surface area (Å²) in [6, 6.07) is 18.1. The van der Waals surface area contributed by atoms with Gasteiger partial charge in [0.15, 0.2) is 5.65 Å². The predicted molar refractivity (Wildman–Crippen MR) is 165 cm³/mol. The highest BCUT2D eigenvalue weighted by Crippen LogP contribution is 2.35. The van der Waals surface area contributed by atoms with Crippen molar-refractivity contribution in [1.82, 2.24) is 29.5 Å². The summed E-state index contributed by atoms with van der Waals surface area (Å²) in [5, 5.41) is 5.74. The van der Waals surface area contributed by atoms with Crippen LogP contribution in [0.2, 0.25) is 0 Å². The van der Waals surface area contributed by atoms with Gasteiger partial charge >= 0.3 is 0 Å². The molecule has 0 bridgehead atoms. The Balaban J connectivity index is 1.18. The van der Waals surface area contributed by atoms with Crippen LogP contribution < -0.4 is 10.5 Å². The van der Waals surface area contributed by atoms with Gasteiger partial charge in [-0.05, 0) is 69.1 Å². The number of fused-ring (bicyclic) bond motifs is 1. The van der Waals surface area contributed by atoms with E-state index in [-0.39, 0.29) is 11.9 Å². The molecule has 6 rings (SSSR count). The zero-order chi connectivity index (χ0) is 28.9. The third-order valence-electron chi connectivity index (χ3n) is 8.53. The number of likely N-dealkylation sites (N-methyl/N-ethyl adjacent to an activating group) is 1. The minimum Gasteiger partial charge on any atom is -0.457 e. The molecule has 2 aromatic heterocycles. The van der Waals surface area contributed by atoms with Crippen molar-refractivity contribution in [3.8, 4) is 22.8 Å². The van der Waals surface area contributed by atoms with E-state index in [9.17, 15) is 4.79 Å². The van der Waals surface area contributed by atoms with E-state index in [4.69, 9.17) is 15.6 Å². The second-order valence-corrected chi connectivity index (χ2v) is 11.4. The van der Waals surface area contributed by atoms with Gasteiger partial charge in [0.2, 0.25) is 5.91 Å². The van der Waals surface area contributed by atoms with E-state index >= 15 is 0 Å². The molecule has 3 heterocycles. The lowest BCUT2D eigenvalue weighted by Crippen LogP contribution is -2.40. The standard InChI is InChI=1S/C33H39N7O2/c1-38(25-10-4-2-5-11-25)20-9-15-29(41)39-21-8-12-26(22-39)40-33-30(32(34)35-23-36-33)31(37-40)24-16-18-28(19-17-24)42-27-13-6-3-7-14-27/h3,6-7,9,13-19,23,25-26H,2,4-5,8,10-12,20-22H2,1H3,(H2,34,35,36)/b15-9+/t26-/m1/s1. The van der Waals surface area contributed by atoms with Crippen molar-refractivity contribution < 1.29 is 9.53 Å². The average Bonchev–Trinajstić information content (AvgIpc) is 3.43. The number of nitrogens with two attached hydrogens (primary N) is 1. The smallest absolute Gasteiger partial charge is 0.246 e. The number of carbonyl (C=O) groups excluding carboxylic acids is 1. The SMILES string of the molecule is CN(C/C=C/C(=O)N1CCC[C@@H](n2nc(-c3ccc(Oc4ccccc4)cc3)c3c(N)ncnc32)C1)C1CCCCC1. The maximum Gasteiger partial charge on any atom is 0.246 e. The molecule has 42 heavy (non-hydrogen) atoms. The Labute approximate surface area is 247 Å². The summed E-state index contributed by atoms with van der Waals surface area (Å²) in [5.74, 6) is 1.95. The Bertz CT molecular complexity index is 1530. The maximum absolute atomic E-state index is 13.2. The molecule has 218 valence electrons. The molecule has 1 saturated heterocycles. The number of piperidine rings is 1. The summed E-state index contributed by atoms with van der Waals surface area (Å²) >= 11 is 0. The number of hydrogen-bond donors (Lipinski definition) is 1. The van der Waals surface area contributed by atoms with Crippen LogP contribution in [0, 0.1) is 0 Å². The Kier molecular flexibility index (Phi) is 8.46. The van der Waals surface area contributed by atoms with E-state index in [0.717, 1.165) is 54.1 Å². The molecule has 9 nitrogen and oxygen atoms in total. The zero-order valence-corrected chi connectivity index (χ0v) is 24.2. The van der Waals surface area contributed by atoms with Crippen LogP contribution in [0.4, 0.5) is 5.82 Å². The van der Waals surface area contributed by atoms with Crippen LogP contribution in [-0.2, 0) is 4.79 Å². The lowest BCUT2D eigenvalue weighted by Gasteiger charge is -2.32. The first-order valence-electron chi connectivity index (χ1n) is 15.0. The number of likely N-dealkylation sites (tertiary alicyclic amines) is 1. The monoisotopic (exact) mass is 565 g/mol. The van der Waals surface area contributed by atoms with Crippen molar-refractivity contribution >= 4 is 22.8 Å². The molecule has 1 aliphatic carbocycles. The lowest BCUT2D eigenvalue weighted by molar-refractivity contribution is -0.127. The number of benzene rings is 2. The highest BCUT2D eigenvalue weighted by Gasteiger charge is 2.28. The van der Waals surface area contributed by atoms with E-state index in [1.54, 1.807) is 6.08 Å². The summed E-state index contributed by atoms with van der Waals surface area (Å²) in [4.78, 5) is 26.3. The molecule has 1 amide bonds. The first-order valence-corrected chi connectivity index (χ1v) is 15.0. The van der Waals surface area contributed by atoms with Crippen LogP contribution in [0.25, 0.3) is 22.3 Å². The number of hydrogen-bond acceptors (Lipinski definition) is 7. The second kappa shape index (κ2) is 12.7. The van der Waals surface area contributed by atoms with Gasteiger partial charge in [0, 0.05) is 37.3 Å². The molecule has 2 aromatic carbocycles. The van der Waals surface area contributed by atoms with Gasteiger partial charge < -0.3 is 15.4 Å². The van der Waals surface area contributed by atoms with Gasteiger partial charge in [0.25, 0.3) is 0 Å². The number of aromatic nitrogens is 4. The second-order valence-electron chi connectivity index (χ2n) is 11.4. The van der Waals surface area contributed by atoms with Crippen molar-refractivity contribution in [2.75, 3.05) is 32.4 Å². The van der Waals surface area contributed by atoms with E-state index < -0.39 is 0 Å². The average molecular weight is 566 g/mol. The van der Waals surface area contributed by atoms with Crippen molar-refractivity contribution in [2.24, 2.45) is 0 Å². The predicted octanol–water partition coefficient (Wildman–Crippen LogP) is 5.85. The summed E-state index contributed by atoms with van der Waals surface area (Å²) in [6.45, 7) is 2.11. The molecule has 1 saturated carbocycles. The third kappa shape index (κ3) is 6.16. The normalized spacial score (nSPS) is 18.2. The number of anilines is 1. The molecular weight excluding hydrogens is 526 g/mol. The number of amides is 1. The number of para-hydroxylation sites is 1. The summed E-state index contributed by atoms with van der Waals surface area (Å²) in [5.41, 5.74) is 8.68. The maximum atomic E-state index is 13.2. The van der Waals surface area contributed by atoms with Crippen LogP contribution in [0.5, 0.6) is 11.5 Å². The van der Waals surface area contributed by atoms with Crippen LogP contribution in [-0.4, -0.2) is 68.2 Å². The number of nitrogens with zero attached hydrogens (tertiary/aromatic N) is 6. The number of rotatable bonds is 8. The van der Waals surface area contributed by atoms with Gasteiger partial charge in [0.05, 0.1) is 11.4 Å². The van der Waals surface area contributed by atoms with Gasteiger partial charge in [0.1, 0.15) is 29.3 Å². The van der Waals surface area contributed by atoms with Gasteiger partial charge in [-0.15, -0.1) is 0 Å². The van der Waals surface area contributed by atoms with Crippen LogP contribution >= 0.6 is 0 Å². The Hall–Kier alpha value is -4.24. The molecule has 1 aliphatic heterocycles. The van der Waals surface area contributed by atoms with E-state index in [1.807, 2.05) is 70.3 Å². The molecule has 0 unspecified atom stereocenters. The van der Waals surface area contributed by atoms with Crippen molar-refractivity contribution in [2.45, 2.75) is 57.0 Å². The third-order valence-corrected chi connectivity index (χ3v) is 8.53. The van der Waals surface area contributed by atoms with Gasteiger partial charge in [-0.1, -0.05) is 43.5 Å². The fraction of sp³-hybridized carbons (Fsp3) is 0.394. The highest BCUT2D eigenvalue weighted by molar-refractivity contribution is 5.98. The van der Waals surface area contributed by atoms with E-state index in [2.05, 4.69) is 21.9 Å². The minimum absolute atomic E-state index is 0.00718. The number of nitrogen functional groups attached to an aromatic ring is 1. The fourth-order valence-corrected chi connectivity index (χ4v) is 6.21. The Morgan fingerprint density at radius 1 is 1.00 bits per heavy atom. The minimum atomic E-state index is -0.00718. The molecule has 1 atom stereocenters.